The lowest BCUT2D eigenvalue weighted by atomic mass is 10.0. The zero-order valence-corrected chi connectivity index (χ0v) is 13.3. The van der Waals surface area contributed by atoms with Crippen molar-refractivity contribution in [1.29, 1.82) is 0 Å². The molecule has 0 bridgehead atoms. The van der Waals surface area contributed by atoms with Crippen molar-refractivity contribution in [3.05, 3.63) is 59.7 Å². The Morgan fingerprint density at radius 3 is 2.09 bits per heavy atom. The lowest BCUT2D eigenvalue weighted by molar-refractivity contribution is 0.0734. The summed E-state index contributed by atoms with van der Waals surface area (Å²) in [5, 5.41) is 0. The molecule has 2 aromatic carbocycles. The number of ether oxygens (including phenoxy) is 2. The first-order chi connectivity index (χ1) is 10.6. The third-order valence-electron chi connectivity index (χ3n) is 3.32. The van der Waals surface area contributed by atoms with Gasteiger partial charge in [0, 0.05) is 0 Å². The lowest BCUT2D eigenvalue weighted by Gasteiger charge is -2.08. The molecule has 0 aliphatic rings. The van der Waals surface area contributed by atoms with Gasteiger partial charge in [0.25, 0.3) is 0 Å². The highest BCUT2D eigenvalue weighted by Crippen LogP contribution is 2.20. The summed E-state index contributed by atoms with van der Waals surface area (Å²) in [6, 6.07) is 14.6. The molecular weight excluding hydrogens is 276 g/mol. The van der Waals surface area contributed by atoms with Gasteiger partial charge in [-0.15, -0.1) is 0 Å². The molecule has 0 aliphatic heterocycles. The van der Waals surface area contributed by atoms with Crippen molar-refractivity contribution < 1.29 is 14.3 Å². The summed E-state index contributed by atoms with van der Waals surface area (Å²) in [6.07, 6.45) is 0.955. The molecule has 0 amide bonds. The molecule has 0 aromatic heterocycles. The standard InChI is InChI=1S/C19H22O3/c1-4-13-21-17-9-7-16(8-10-17)19(20)22-18-11-5-15(6-12-18)14(2)3/h5-12,14H,4,13H2,1-3H3. The Balaban J connectivity index is 1.99. The molecule has 22 heavy (non-hydrogen) atoms. The summed E-state index contributed by atoms with van der Waals surface area (Å²) < 4.78 is 10.9. The van der Waals surface area contributed by atoms with E-state index in [-0.39, 0.29) is 5.97 Å². The van der Waals surface area contributed by atoms with Crippen LogP contribution in [-0.4, -0.2) is 12.6 Å². The van der Waals surface area contributed by atoms with Gasteiger partial charge in [-0.1, -0.05) is 32.9 Å². The van der Waals surface area contributed by atoms with Gasteiger partial charge < -0.3 is 9.47 Å². The number of benzene rings is 2. The molecule has 3 heteroatoms. The third-order valence-corrected chi connectivity index (χ3v) is 3.32. The topological polar surface area (TPSA) is 35.5 Å². The first-order valence-electron chi connectivity index (χ1n) is 7.65. The second kappa shape index (κ2) is 7.64. The third kappa shape index (κ3) is 4.35. The summed E-state index contributed by atoms with van der Waals surface area (Å²) in [5.74, 6) is 1.42. The highest BCUT2D eigenvalue weighted by atomic mass is 16.5. The van der Waals surface area contributed by atoms with E-state index in [4.69, 9.17) is 9.47 Å². The fourth-order valence-corrected chi connectivity index (χ4v) is 1.99. The van der Waals surface area contributed by atoms with Crippen molar-refractivity contribution in [3.63, 3.8) is 0 Å². The molecule has 2 aromatic rings. The van der Waals surface area contributed by atoms with Gasteiger partial charge in [-0.2, -0.15) is 0 Å². The second-order valence-corrected chi connectivity index (χ2v) is 5.49. The first-order valence-corrected chi connectivity index (χ1v) is 7.65. The number of esters is 1. The first kappa shape index (κ1) is 16.1. The Labute approximate surface area is 131 Å². The highest BCUT2D eigenvalue weighted by Gasteiger charge is 2.09. The van der Waals surface area contributed by atoms with E-state index in [2.05, 4.69) is 20.8 Å². The monoisotopic (exact) mass is 298 g/mol. The van der Waals surface area contributed by atoms with Gasteiger partial charge in [0.05, 0.1) is 12.2 Å². The van der Waals surface area contributed by atoms with Crippen LogP contribution in [0.25, 0.3) is 0 Å². The summed E-state index contributed by atoms with van der Waals surface area (Å²) in [4.78, 5) is 12.1. The summed E-state index contributed by atoms with van der Waals surface area (Å²) in [5.41, 5.74) is 1.73. The maximum Gasteiger partial charge on any atom is 0.343 e. The molecule has 0 heterocycles. The Kier molecular flexibility index (Phi) is 5.59. The number of hydrogen-bond acceptors (Lipinski definition) is 3. The van der Waals surface area contributed by atoms with E-state index >= 15 is 0 Å². The van der Waals surface area contributed by atoms with Crippen LogP contribution in [0.5, 0.6) is 11.5 Å². The van der Waals surface area contributed by atoms with Crippen LogP contribution in [0.2, 0.25) is 0 Å². The molecule has 2 rings (SSSR count). The van der Waals surface area contributed by atoms with Crippen molar-refractivity contribution in [2.24, 2.45) is 0 Å². The summed E-state index contributed by atoms with van der Waals surface area (Å²) in [7, 11) is 0. The molecule has 0 spiro atoms. The zero-order chi connectivity index (χ0) is 15.9. The molecule has 0 unspecified atom stereocenters. The average Bonchev–Trinajstić information content (AvgIpc) is 2.54. The minimum Gasteiger partial charge on any atom is -0.494 e. The zero-order valence-electron chi connectivity index (χ0n) is 13.3. The van der Waals surface area contributed by atoms with Gasteiger partial charge in [-0.25, -0.2) is 4.79 Å². The maximum atomic E-state index is 12.1. The van der Waals surface area contributed by atoms with Crippen LogP contribution in [0.4, 0.5) is 0 Å². The molecule has 0 N–H and O–H groups in total. The number of carbonyl (C=O) groups excluding carboxylic acids is 1. The van der Waals surface area contributed by atoms with Gasteiger partial charge in [0.1, 0.15) is 11.5 Å². The largest absolute Gasteiger partial charge is 0.494 e. The minimum absolute atomic E-state index is 0.362. The van der Waals surface area contributed by atoms with E-state index in [1.54, 1.807) is 24.3 Å². The van der Waals surface area contributed by atoms with E-state index in [1.807, 2.05) is 24.3 Å². The Morgan fingerprint density at radius 2 is 1.55 bits per heavy atom. The predicted molar refractivity (Wildman–Crippen MR) is 87.7 cm³/mol. The summed E-state index contributed by atoms with van der Waals surface area (Å²) >= 11 is 0. The number of rotatable bonds is 6. The smallest absolute Gasteiger partial charge is 0.343 e. The fourth-order valence-electron chi connectivity index (χ4n) is 1.99. The van der Waals surface area contributed by atoms with Crippen molar-refractivity contribution in [2.45, 2.75) is 33.1 Å². The fraction of sp³-hybridized carbons (Fsp3) is 0.316. The van der Waals surface area contributed by atoms with Crippen molar-refractivity contribution in [2.75, 3.05) is 6.61 Å². The van der Waals surface area contributed by atoms with Gasteiger partial charge in [-0.05, 0) is 54.3 Å². The van der Waals surface area contributed by atoms with Crippen LogP contribution >= 0.6 is 0 Å². The van der Waals surface area contributed by atoms with Gasteiger partial charge >= 0.3 is 5.97 Å². The number of hydrogen-bond donors (Lipinski definition) is 0. The van der Waals surface area contributed by atoms with Gasteiger partial charge in [-0.3, -0.25) is 0 Å². The van der Waals surface area contributed by atoms with Crippen molar-refractivity contribution >= 4 is 5.97 Å². The van der Waals surface area contributed by atoms with Gasteiger partial charge in [0.15, 0.2) is 0 Å². The van der Waals surface area contributed by atoms with E-state index in [9.17, 15) is 4.79 Å². The Morgan fingerprint density at radius 1 is 0.955 bits per heavy atom. The van der Waals surface area contributed by atoms with E-state index < -0.39 is 0 Å². The molecule has 0 radical (unpaired) electrons. The highest BCUT2D eigenvalue weighted by molar-refractivity contribution is 5.91. The van der Waals surface area contributed by atoms with E-state index in [1.165, 1.54) is 5.56 Å². The minimum atomic E-state index is -0.362. The van der Waals surface area contributed by atoms with Crippen molar-refractivity contribution in [3.8, 4) is 11.5 Å². The summed E-state index contributed by atoms with van der Waals surface area (Å²) in [6.45, 7) is 6.98. The van der Waals surface area contributed by atoms with Crippen LogP contribution in [-0.2, 0) is 0 Å². The normalized spacial score (nSPS) is 10.5. The molecular formula is C19H22O3. The quantitative estimate of drug-likeness (QED) is 0.566. The molecule has 3 nitrogen and oxygen atoms in total. The van der Waals surface area contributed by atoms with E-state index in [0.717, 1.165) is 12.2 Å². The maximum absolute atomic E-state index is 12.1. The Hall–Kier alpha value is -2.29. The van der Waals surface area contributed by atoms with Crippen LogP contribution < -0.4 is 9.47 Å². The molecule has 0 saturated carbocycles. The lowest BCUT2D eigenvalue weighted by Crippen LogP contribution is -2.08. The van der Waals surface area contributed by atoms with Crippen LogP contribution in [0.1, 0.15) is 49.0 Å². The van der Waals surface area contributed by atoms with Crippen molar-refractivity contribution in [1.82, 2.24) is 0 Å². The van der Waals surface area contributed by atoms with Crippen LogP contribution in [0.3, 0.4) is 0 Å². The Bertz CT molecular complexity index is 598. The SMILES string of the molecule is CCCOc1ccc(C(=O)Oc2ccc(C(C)C)cc2)cc1. The second-order valence-electron chi connectivity index (χ2n) is 5.49. The molecule has 0 fully saturated rings. The van der Waals surface area contributed by atoms with Crippen LogP contribution in [0, 0.1) is 0 Å². The molecule has 0 aliphatic carbocycles. The molecule has 116 valence electrons. The predicted octanol–water partition coefficient (Wildman–Crippen LogP) is 4.82. The van der Waals surface area contributed by atoms with E-state index in [0.29, 0.717) is 23.8 Å². The molecule has 0 saturated heterocycles. The molecule has 0 atom stereocenters. The average molecular weight is 298 g/mol. The van der Waals surface area contributed by atoms with Gasteiger partial charge in [0.2, 0.25) is 0 Å². The number of carbonyl (C=O) groups is 1. The van der Waals surface area contributed by atoms with Crippen LogP contribution in [0.15, 0.2) is 48.5 Å².